The van der Waals surface area contributed by atoms with Gasteiger partial charge in [0.15, 0.2) is 0 Å². The fourth-order valence-electron chi connectivity index (χ4n) is 4.92. The Kier molecular flexibility index (Phi) is 8.69. The fraction of sp³-hybridized carbons (Fsp3) is 0.171. The first-order valence-corrected chi connectivity index (χ1v) is 17.2. The van der Waals surface area contributed by atoms with Gasteiger partial charge in [-0.2, -0.15) is 8.42 Å². The molecule has 0 radical (unpaired) electrons. The van der Waals surface area contributed by atoms with E-state index >= 15 is 0 Å². The largest absolute Gasteiger partial charge is 0.534 e. The van der Waals surface area contributed by atoms with Gasteiger partial charge in [0.2, 0.25) is 5.76 Å². The summed E-state index contributed by atoms with van der Waals surface area (Å²) in [6.45, 7) is 8.36. The molecule has 0 N–H and O–H groups in total. The molecule has 0 aliphatic carbocycles. The molecule has 0 atom stereocenters. The molecular weight excluding hydrogens is 575 g/mol. The number of hydrogen-bond donors (Lipinski definition) is 0. The van der Waals surface area contributed by atoms with Crippen molar-refractivity contribution in [1.29, 1.82) is 0 Å². The average Bonchev–Trinajstić information content (AvgIpc) is 3.47. The lowest BCUT2D eigenvalue weighted by molar-refractivity contribution is 0.292. The van der Waals surface area contributed by atoms with E-state index in [4.69, 9.17) is 13.1 Å². The third-order valence-electron chi connectivity index (χ3n) is 7.10. The molecule has 8 heteroatoms. The quantitative estimate of drug-likeness (QED) is 0.118. The Balaban J connectivity index is 1.32. The second kappa shape index (κ2) is 12.4. The molecule has 0 spiro atoms. The SMILES string of the molecule is Cc1ccc(S(=O)(=O)OCc2cc(C#Cc3ccc(O[Si](c4ccccc4)(c4ccccc4)C(C)(C)C)cc3)on2)cc1. The highest BCUT2D eigenvalue weighted by Gasteiger charge is 2.52. The second-order valence-electron chi connectivity index (χ2n) is 11.3. The molecular formula is C35H33NO5SSi. The normalized spacial score (nSPS) is 11.9. The zero-order valence-corrected chi connectivity index (χ0v) is 26.4. The average molecular weight is 608 g/mol. The van der Waals surface area contributed by atoms with E-state index in [-0.39, 0.29) is 16.5 Å². The molecule has 0 saturated carbocycles. The van der Waals surface area contributed by atoms with E-state index in [0.29, 0.717) is 11.5 Å². The second-order valence-corrected chi connectivity index (χ2v) is 17.1. The number of aryl methyl sites for hydroxylation is 1. The molecule has 6 nitrogen and oxygen atoms in total. The summed E-state index contributed by atoms with van der Waals surface area (Å²) < 4.78 is 42.4. The Hall–Kier alpha value is -4.42. The van der Waals surface area contributed by atoms with Crippen molar-refractivity contribution in [2.75, 3.05) is 0 Å². The first kappa shape index (κ1) is 30.0. The summed E-state index contributed by atoms with van der Waals surface area (Å²) in [4.78, 5) is 0.0870. The number of hydrogen-bond acceptors (Lipinski definition) is 6. The maximum atomic E-state index is 12.4. The Morgan fingerprint density at radius 2 is 1.37 bits per heavy atom. The Morgan fingerprint density at radius 3 is 1.93 bits per heavy atom. The molecule has 0 aliphatic rings. The van der Waals surface area contributed by atoms with Gasteiger partial charge in [0, 0.05) is 11.6 Å². The molecule has 5 aromatic rings. The lowest BCUT2D eigenvalue weighted by Crippen LogP contribution is -2.68. The third kappa shape index (κ3) is 6.81. The molecule has 218 valence electrons. The number of nitrogens with zero attached hydrogens (tertiary/aromatic N) is 1. The van der Waals surface area contributed by atoms with Crippen LogP contribution >= 0.6 is 0 Å². The van der Waals surface area contributed by atoms with Gasteiger partial charge in [-0.3, -0.25) is 4.18 Å². The van der Waals surface area contributed by atoms with Crippen molar-refractivity contribution in [2.45, 2.75) is 44.2 Å². The summed E-state index contributed by atoms with van der Waals surface area (Å²) >= 11 is 0. The smallest absolute Gasteiger partial charge is 0.319 e. The molecule has 4 aromatic carbocycles. The molecule has 0 fully saturated rings. The number of rotatable bonds is 8. The van der Waals surface area contributed by atoms with Crippen molar-refractivity contribution >= 4 is 28.8 Å². The zero-order chi connectivity index (χ0) is 30.5. The van der Waals surface area contributed by atoms with E-state index in [1.807, 2.05) is 43.3 Å². The van der Waals surface area contributed by atoms with Gasteiger partial charge < -0.3 is 8.95 Å². The van der Waals surface area contributed by atoms with E-state index in [1.165, 1.54) is 22.5 Å². The molecule has 0 unspecified atom stereocenters. The van der Waals surface area contributed by atoms with Gasteiger partial charge in [-0.1, -0.05) is 110 Å². The summed E-state index contributed by atoms with van der Waals surface area (Å²) in [6, 6.07) is 36.7. The molecule has 0 saturated heterocycles. The minimum atomic E-state index is -3.91. The van der Waals surface area contributed by atoms with Crippen molar-refractivity contribution in [2.24, 2.45) is 0 Å². The molecule has 0 bridgehead atoms. The summed E-state index contributed by atoms with van der Waals surface area (Å²) in [5, 5.41) is 6.15. The van der Waals surface area contributed by atoms with Crippen LogP contribution < -0.4 is 14.8 Å². The standard InChI is InChI=1S/C35H33NO5SSi/c1-27-15-23-32(24-16-27)42(37,38)39-26-29-25-31(40-36-29)22-19-28-17-20-30(21-18-28)41-43(35(2,3)4,33-11-7-5-8-12-33)34-13-9-6-10-14-34/h5-18,20-21,23-25H,26H2,1-4H3. The van der Waals surface area contributed by atoms with Gasteiger partial charge >= 0.3 is 8.32 Å². The highest BCUT2D eigenvalue weighted by atomic mass is 32.2. The van der Waals surface area contributed by atoms with Gasteiger partial charge in [0.1, 0.15) is 18.1 Å². The van der Waals surface area contributed by atoms with E-state index < -0.39 is 18.4 Å². The van der Waals surface area contributed by atoms with Crippen LogP contribution in [0.3, 0.4) is 0 Å². The Morgan fingerprint density at radius 1 is 0.791 bits per heavy atom. The monoisotopic (exact) mass is 607 g/mol. The predicted molar refractivity (Wildman–Crippen MR) is 170 cm³/mol. The first-order valence-electron chi connectivity index (χ1n) is 13.9. The summed E-state index contributed by atoms with van der Waals surface area (Å²) in [6.07, 6.45) is 0. The van der Waals surface area contributed by atoms with Gasteiger partial charge in [-0.25, -0.2) is 0 Å². The van der Waals surface area contributed by atoms with E-state index in [2.05, 4.69) is 86.3 Å². The molecule has 0 aliphatic heterocycles. The zero-order valence-electron chi connectivity index (χ0n) is 24.6. The summed E-state index contributed by atoms with van der Waals surface area (Å²) in [7, 11) is -6.65. The van der Waals surface area contributed by atoms with Gasteiger partial charge in [0.25, 0.3) is 10.1 Å². The predicted octanol–water partition coefficient (Wildman–Crippen LogP) is 6.23. The van der Waals surface area contributed by atoms with Gasteiger partial charge in [0.05, 0.1) is 4.90 Å². The van der Waals surface area contributed by atoms with E-state index in [0.717, 1.165) is 16.9 Å². The highest BCUT2D eigenvalue weighted by Crippen LogP contribution is 2.37. The topological polar surface area (TPSA) is 78.6 Å². The number of benzene rings is 4. The molecule has 43 heavy (non-hydrogen) atoms. The summed E-state index contributed by atoms with van der Waals surface area (Å²) in [5.74, 6) is 7.09. The van der Waals surface area contributed by atoms with E-state index in [9.17, 15) is 8.42 Å². The van der Waals surface area contributed by atoms with Crippen LogP contribution in [0, 0.1) is 18.8 Å². The van der Waals surface area contributed by atoms with Crippen LogP contribution in [-0.4, -0.2) is 21.9 Å². The molecule has 0 amide bonds. The van der Waals surface area contributed by atoms with Gasteiger partial charge in [-0.15, -0.1) is 0 Å². The Labute approximate surface area is 254 Å². The summed E-state index contributed by atoms with van der Waals surface area (Å²) in [5.41, 5.74) is 2.06. The van der Waals surface area contributed by atoms with Crippen molar-refractivity contribution in [3.8, 4) is 17.6 Å². The third-order valence-corrected chi connectivity index (χ3v) is 13.3. The first-order chi connectivity index (χ1) is 20.6. The highest BCUT2D eigenvalue weighted by molar-refractivity contribution is 7.86. The number of aromatic nitrogens is 1. The van der Waals surface area contributed by atoms with Crippen LogP contribution in [0.15, 0.2) is 125 Å². The van der Waals surface area contributed by atoms with Crippen LogP contribution in [0.5, 0.6) is 5.75 Å². The minimum absolute atomic E-state index is 0.0870. The van der Waals surface area contributed by atoms with Gasteiger partial charge in [-0.05, 0) is 64.7 Å². The van der Waals surface area contributed by atoms with Crippen molar-refractivity contribution < 1.29 is 21.5 Å². The van der Waals surface area contributed by atoms with Crippen LogP contribution in [0.25, 0.3) is 0 Å². The van der Waals surface area contributed by atoms with Crippen molar-refractivity contribution in [3.63, 3.8) is 0 Å². The molecule has 1 aromatic heterocycles. The van der Waals surface area contributed by atoms with Crippen molar-refractivity contribution in [3.05, 3.63) is 138 Å². The van der Waals surface area contributed by atoms with Crippen molar-refractivity contribution in [1.82, 2.24) is 5.16 Å². The minimum Gasteiger partial charge on any atom is -0.534 e. The molecule has 5 rings (SSSR count). The maximum Gasteiger partial charge on any atom is 0.319 e. The van der Waals surface area contributed by atoms with E-state index in [1.54, 1.807) is 18.2 Å². The molecule has 1 heterocycles. The van der Waals surface area contributed by atoms with Crippen LogP contribution in [0.4, 0.5) is 0 Å². The fourth-order valence-corrected chi connectivity index (χ4v) is 10.2. The maximum absolute atomic E-state index is 12.4. The van der Waals surface area contributed by atoms with Crippen LogP contribution in [0.1, 0.15) is 43.4 Å². The lowest BCUT2D eigenvalue weighted by Gasteiger charge is -2.43. The van der Waals surface area contributed by atoms with Crippen LogP contribution in [0.2, 0.25) is 5.04 Å². The Bertz CT molecular complexity index is 1790. The lowest BCUT2D eigenvalue weighted by atomic mass is 10.2. The van der Waals surface area contributed by atoms with Crippen LogP contribution in [-0.2, 0) is 20.9 Å².